The van der Waals surface area contributed by atoms with Crippen LogP contribution < -0.4 is 14.8 Å². The summed E-state index contributed by atoms with van der Waals surface area (Å²) in [6.45, 7) is 0.482. The first kappa shape index (κ1) is 25.4. The van der Waals surface area contributed by atoms with E-state index in [0.717, 1.165) is 11.1 Å². The second-order valence-corrected chi connectivity index (χ2v) is 8.39. The summed E-state index contributed by atoms with van der Waals surface area (Å²) in [5.41, 5.74) is 2.50. The third kappa shape index (κ3) is 7.41. The number of halogens is 1. The molecule has 4 aromatic rings. The Kier molecular flexibility index (Phi) is 8.49. The molecule has 6 nitrogen and oxygen atoms in total. The molecule has 1 amide bonds. The first-order chi connectivity index (χ1) is 18.0. The predicted octanol–water partition coefficient (Wildman–Crippen LogP) is 5.41. The Balaban J connectivity index is 1.30. The van der Waals surface area contributed by atoms with Crippen LogP contribution in [0.3, 0.4) is 0 Å². The Bertz CT molecular complexity index is 1320. The third-order valence-corrected chi connectivity index (χ3v) is 5.68. The highest BCUT2D eigenvalue weighted by molar-refractivity contribution is 5.96. The SMILES string of the molecule is O=C(N[C@@H](Cc1ccc(OCc2ccccc2)cc1)C(=O)O)c1ccc(OCc2ccccc2F)cc1. The number of rotatable bonds is 11. The van der Waals surface area contributed by atoms with Gasteiger partial charge in [-0.05, 0) is 53.6 Å². The molecule has 0 fully saturated rings. The minimum atomic E-state index is -1.14. The smallest absolute Gasteiger partial charge is 0.326 e. The van der Waals surface area contributed by atoms with Gasteiger partial charge in [0.1, 0.15) is 36.6 Å². The zero-order valence-electron chi connectivity index (χ0n) is 20.0. The topological polar surface area (TPSA) is 84.9 Å². The van der Waals surface area contributed by atoms with Crippen LogP contribution in [0.25, 0.3) is 0 Å². The Morgan fingerprint density at radius 2 is 1.32 bits per heavy atom. The molecule has 2 N–H and O–H groups in total. The summed E-state index contributed by atoms with van der Waals surface area (Å²) in [6, 6.07) is 28.3. The van der Waals surface area contributed by atoms with E-state index in [1.807, 2.05) is 30.3 Å². The second kappa shape index (κ2) is 12.4. The van der Waals surface area contributed by atoms with Crippen LogP contribution in [0.1, 0.15) is 27.0 Å². The second-order valence-electron chi connectivity index (χ2n) is 8.39. The van der Waals surface area contributed by atoms with Crippen molar-refractivity contribution in [3.63, 3.8) is 0 Å². The maximum Gasteiger partial charge on any atom is 0.326 e. The molecule has 0 aromatic heterocycles. The molecule has 0 saturated carbocycles. The van der Waals surface area contributed by atoms with Crippen LogP contribution in [0, 0.1) is 5.82 Å². The monoisotopic (exact) mass is 499 g/mol. The van der Waals surface area contributed by atoms with Crippen molar-refractivity contribution < 1.29 is 28.6 Å². The van der Waals surface area contributed by atoms with Gasteiger partial charge in [0.2, 0.25) is 0 Å². The van der Waals surface area contributed by atoms with Gasteiger partial charge < -0.3 is 19.9 Å². The number of nitrogens with one attached hydrogen (secondary N) is 1. The number of benzene rings is 4. The molecular weight excluding hydrogens is 473 g/mol. The van der Waals surface area contributed by atoms with E-state index in [1.165, 1.54) is 18.2 Å². The number of hydrogen-bond acceptors (Lipinski definition) is 4. The molecule has 37 heavy (non-hydrogen) atoms. The van der Waals surface area contributed by atoms with Gasteiger partial charge in [0.25, 0.3) is 5.91 Å². The van der Waals surface area contributed by atoms with Crippen molar-refractivity contribution in [1.82, 2.24) is 5.32 Å². The highest BCUT2D eigenvalue weighted by Crippen LogP contribution is 2.17. The highest BCUT2D eigenvalue weighted by atomic mass is 19.1. The van der Waals surface area contributed by atoms with Crippen molar-refractivity contribution in [1.29, 1.82) is 0 Å². The van der Waals surface area contributed by atoms with Crippen molar-refractivity contribution in [2.75, 3.05) is 0 Å². The van der Waals surface area contributed by atoms with Crippen LogP contribution in [0.4, 0.5) is 4.39 Å². The summed E-state index contributed by atoms with van der Waals surface area (Å²) < 4.78 is 25.1. The molecular formula is C30H26FNO5. The van der Waals surface area contributed by atoms with E-state index >= 15 is 0 Å². The summed E-state index contributed by atoms with van der Waals surface area (Å²) in [4.78, 5) is 24.5. The molecule has 0 spiro atoms. The maximum atomic E-state index is 13.7. The van der Waals surface area contributed by atoms with Crippen molar-refractivity contribution in [3.8, 4) is 11.5 Å². The van der Waals surface area contributed by atoms with E-state index in [-0.39, 0.29) is 24.4 Å². The van der Waals surface area contributed by atoms with Crippen LogP contribution in [0.2, 0.25) is 0 Å². The first-order valence-electron chi connectivity index (χ1n) is 11.7. The van der Waals surface area contributed by atoms with E-state index in [4.69, 9.17) is 9.47 Å². The number of carboxylic acids is 1. The average molecular weight is 500 g/mol. The van der Waals surface area contributed by atoms with Gasteiger partial charge in [-0.2, -0.15) is 0 Å². The molecule has 0 radical (unpaired) electrons. The molecule has 0 aliphatic carbocycles. The summed E-state index contributed by atoms with van der Waals surface area (Å²) in [5, 5.41) is 12.2. The number of aliphatic carboxylic acids is 1. The number of carboxylic acid groups (broad SMARTS) is 1. The van der Waals surface area contributed by atoms with Gasteiger partial charge in [0, 0.05) is 17.5 Å². The summed E-state index contributed by atoms with van der Waals surface area (Å²) in [5.74, 6) is -0.879. The molecule has 1 atom stereocenters. The van der Waals surface area contributed by atoms with Gasteiger partial charge in [0.05, 0.1) is 0 Å². The Morgan fingerprint density at radius 3 is 1.97 bits per heavy atom. The van der Waals surface area contributed by atoms with Gasteiger partial charge in [-0.25, -0.2) is 9.18 Å². The molecule has 0 bridgehead atoms. The van der Waals surface area contributed by atoms with Crippen LogP contribution in [-0.4, -0.2) is 23.0 Å². The number of carbonyl (C=O) groups excluding carboxylic acids is 1. The molecule has 4 rings (SSSR count). The quantitative estimate of drug-likeness (QED) is 0.288. The summed E-state index contributed by atoms with van der Waals surface area (Å²) in [7, 11) is 0. The number of ether oxygens (including phenoxy) is 2. The summed E-state index contributed by atoms with van der Waals surface area (Å²) >= 11 is 0. The number of amides is 1. The minimum absolute atomic E-state index is 0.0510. The lowest BCUT2D eigenvalue weighted by Crippen LogP contribution is -2.42. The largest absolute Gasteiger partial charge is 0.489 e. The molecule has 7 heteroatoms. The molecule has 4 aromatic carbocycles. The average Bonchev–Trinajstić information content (AvgIpc) is 2.92. The van der Waals surface area contributed by atoms with Crippen LogP contribution in [-0.2, 0) is 24.4 Å². The van der Waals surface area contributed by atoms with Crippen LogP contribution in [0.5, 0.6) is 11.5 Å². The Labute approximate surface area is 214 Å². The van der Waals surface area contributed by atoms with Crippen molar-refractivity contribution in [2.45, 2.75) is 25.7 Å². The fourth-order valence-corrected chi connectivity index (χ4v) is 3.62. The van der Waals surface area contributed by atoms with Crippen molar-refractivity contribution >= 4 is 11.9 Å². The van der Waals surface area contributed by atoms with Crippen LogP contribution in [0.15, 0.2) is 103 Å². The van der Waals surface area contributed by atoms with Crippen molar-refractivity contribution in [3.05, 3.63) is 131 Å². The van der Waals surface area contributed by atoms with E-state index in [1.54, 1.807) is 54.6 Å². The molecule has 188 valence electrons. The lowest BCUT2D eigenvalue weighted by Gasteiger charge is -2.15. The Morgan fingerprint density at radius 1 is 0.730 bits per heavy atom. The van der Waals surface area contributed by atoms with E-state index < -0.39 is 17.9 Å². The zero-order valence-corrected chi connectivity index (χ0v) is 20.0. The fraction of sp³-hybridized carbons (Fsp3) is 0.133. The van der Waals surface area contributed by atoms with Gasteiger partial charge in [-0.1, -0.05) is 60.7 Å². The van der Waals surface area contributed by atoms with Gasteiger partial charge in [-0.15, -0.1) is 0 Å². The molecule has 0 heterocycles. The zero-order chi connectivity index (χ0) is 26.0. The molecule has 0 aliphatic rings. The molecule has 0 unspecified atom stereocenters. The van der Waals surface area contributed by atoms with E-state index in [9.17, 15) is 19.1 Å². The van der Waals surface area contributed by atoms with Gasteiger partial charge in [0.15, 0.2) is 0 Å². The maximum absolute atomic E-state index is 13.7. The lowest BCUT2D eigenvalue weighted by atomic mass is 10.1. The number of hydrogen-bond donors (Lipinski definition) is 2. The van der Waals surface area contributed by atoms with Gasteiger partial charge in [-0.3, -0.25) is 4.79 Å². The highest BCUT2D eigenvalue weighted by Gasteiger charge is 2.21. The number of carbonyl (C=O) groups is 2. The standard InChI is InChI=1S/C30H26FNO5/c31-27-9-5-4-8-24(27)20-37-26-16-12-23(13-17-26)29(33)32-28(30(34)35)18-21-10-14-25(15-11-21)36-19-22-6-2-1-3-7-22/h1-17,28H,18-20H2,(H,32,33)(H,34,35)/t28-/m0/s1. The molecule has 0 saturated heterocycles. The third-order valence-electron chi connectivity index (χ3n) is 5.68. The predicted molar refractivity (Wildman–Crippen MR) is 137 cm³/mol. The van der Waals surface area contributed by atoms with Crippen LogP contribution >= 0.6 is 0 Å². The minimum Gasteiger partial charge on any atom is -0.489 e. The van der Waals surface area contributed by atoms with Gasteiger partial charge >= 0.3 is 5.97 Å². The normalized spacial score (nSPS) is 11.4. The van der Waals surface area contributed by atoms with E-state index in [0.29, 0.717) is 23.7 Å². The summed E-state index contributed by atoms with van der Waals surface area (Å²) in [6.07, 6.45) is 0.115. The van der Waals surface area contributed by atoms with Crippen molar-refractivity contribution in [2.24, 2.45) is 0 Å². The lowest BCUT2D eigenvalue weighted by molar-refractivity contribution is -0.139. The Hall–Kier alpha value is -4.65. The fourth-order valence-electron chi connectivity index (χ4n) is 3.62. The molecule has 0 aliphatic heterocycles. The van der Waals surface area contributed by atoms with E-state index in [2.05, 4.69) is 5.32 Å². The first-order valence-corrected chi connectivity index (χ1v) is 11.7.